The zero-order chi connectivity index (χ0) is 8.10. The largest absolute Gasteiger partial charge is 0.465 e. The quantitative estimate of drug-likeness (QED) is 0.499. The van der Waals surface area contributed by atoms with Crippen LogP contribution < -0.4 is 10.6 Å². The van der Waals surface area contributed by atoms with Gasteiger partial charge in [0.05, 0.1) is 6.54 Å². The van der Waals surface area contributed by atoms with Crippen LogP contribution in [-0.4, -0.2) is 13.7 Å². The molecule has 62 valence electrons. The number of hydrogen-bond acceptors (Lipinski definition) is 3. The minimum Gasteiger partial charge on any atom is -0.465 e. The summed E-state index contributed by atoms with van der Waals surface area (Å²) in [5, 5.41) is 6.15. The fourth-order valence-corrected chi connectivity index (χ4v) is 0.891. The van der Waals surface area contributed by atoms with E-state index in [1.165, 1.54) is 0 Å². The SMILES string of the molecule is CNCNCc1ccc(C)o1. The third kappa shape index (κ3) is 2.74. The van der Waals surface area contributed by atoms with E-state index in [9.17, 15) is 0 Å². The van der Waals surface area contributed by atoms with Gasteiger partial charge >= 0.3 is 0 Å². The highest BCUT2D eigenvalue weighted by Crippen LogP contribution is 2.04. The van der Waals surface area contributed by atoms with Gasteiger partial charge in [0, 0.05) is 6.67 Å². The highest BCUT2D eigenvalue weighted by molar-refractivity contribution is 5.04. The van der Waals surface area contributed by atoms with Gasteiger partial charge in [-0.05, 0) is 26.1 Å². The van der Waals surface area contributed by atoms with Crippen molar-refractivity contribution in [3.63, 3.8) is 0 Å². The molecule has 3 heteroatoms. The van der Waals surface area contributed by atoms with Crippen LogP contribution in [0.5, 0.6) is 0 Å². The minimum absolute atomic E-state index is 0.786. The lowest BCUT2D eigenvalue weighted by molar-refractivity contribution is 0.458. The molecular formula is C8H14N2O. The van der Waals surface area contributed by atoms with Gasteiger partial charge in [0.1, 0.15) is 11.5 Å². The maximum atomic E-state index is 5.34. The lowest BCUT2D eigenvalue weighted by Gasteiger charge is -1.99. The summed E-state index contributed by atoms with van der Waals surface area (Å²) in [6.45, 7) is 3.54. The molecule has 0 amide bonds. The molecule has 0 aliphatic rings. The van der Waals surface area contributed by atoms with Gasteiger partial charge in [0.25, 0.3) is 0 Å². The molecule has 0 unspecified atom stereocenters. The second-order valence-corrected chi connectivity index (χ2v) is 2.47. The van der Waals surface area contributed by atoms with Crippen LogP contribution in [0.2, 0.25) is 0 Å². The van der Waals surface area contributed by atoms with Crippen molar-refractivity contribution in [2.75, 3.05) is 13.7 Å². The average molecular weight is 154 g/mol. The van der Waals surface area contributed by atoms with Gasteiger partial charge in [-0.2, -0.15) is 0 Å². The molecule has 0 aliphatic heterocycles. The van der Waals surface area contributed by atoms with E-state index in [-0.39, 0.29) is 0 Å². The van der Waals surface area contributed by atoms with E-state index < -0.39 is 0 Å². The fourth-order valence-electron chi connectivity index (χ4n) is 0.891. The summed E-state index contributed by atoms with van der Waals surface area (Å²) < 4.78 is 5.34. The molecule has 0 fully saturated rings. The van der Waals surface area contributed by atoms with Crippen molar-refractivity contribution in [2.45, 2.75) is 13.5 Å². The van der Waals surface area contributed by atoms with Crippen LogP contribution in [0.25, 0.3) is 0 Å². The molecule has 1 rings (SSSR count). The van der Waals surface area contributed by atoms with Crippen molar-refractivity contribution < 1.29 is 4.42 Å². The van der Waals surface area contributed by atoms with Crippen molar-refractivity contribution in [1.29, 1.82) is 0 Å². The third-order valence-electron chi connectivity index (χ3n) is 1.40. The molecule has 1 aromatic rings. The predicted octanol–water partition coefficient (Wildman–Crippen LogP) is 0.855. The van der Waals surface area contributed by atoms with Crippen LogP contribution in [-0.2, 0) is 6.54 Å². The molecule has 2 N–H and O–H groups in total. The van der Waals surface area contributed by atoms with Crippen molar-refractivity contribution in [3.8, 4) is 0 Å². The summed E-state index contributed by atoms with van der Waals surface area (Å²) >= 11 is 0. The second kappa shape index (κ2) is 4.16. The lowest BCUT2D eigenvalue weighted by Crippen LogP contribution is -2.24. The molecule has 0 aromatic carbocycles. The topological polar surface area (TPSA) is 37.2 Å². The number of rotatable bonds is 4. The van der Waals surface area contributed by atoms with Gasteiger partial charge in [-0.25, -0.2) is 0 Å². The molecule has 3 nitrogen and oxygen atoms in total. The van der Waals surface area contributed by atoms with E-state index in [0.29, 0.717) is 0 Å². The second-order valence-electron chi connectivity index (χ2n) is 2.47. The van der Waals surface area contributed by atoms with E-state index in [1.807, 2.05) is 26.1 Å². The summed E-state index contributed by atoms with van der Waals surface area (Å²) in [5.74, 6) is 1.95. The van der Waals surface area contributed by atoms with Gasteiger partial charge in [-0.1, -0.05) is 0 Å². The summed E-state index contributed by atoms with van der Waals surface area (Å²) in [4.78, 5) is 0. The zero-order valence-electron chi connectivity index (χ0n) is 6.98. The van der Waals surface area contributed by atoms with Gasteiger partial charge < -0.3 is 9.73 Å². The van der Waals surface area contributed by atoms with Crippen LogP contribution in [0, 0.1) is 6.92 Å². The first-order valence-electron chi connectivity index (χ1n) is 3.73. The Labute approximate surface area is 66.8 Å². The van der Waals surface area contributed by atoms with E-state index >= 15 is 0 Å². The van der Waals surface area contributed by atoms with Crippen molar-refractivity contribution >= 4 is 0 Å². The Kier molecular flexibility index (Phi) is 3.14. The van der Waals surface area contributed by atoms with Gasteiger partial charge in [-0.15, -0.1) is 0 Å². The summed E-state index contributed by atoms with van der Waals surface area (Å²) in [6, 6.07) is 3.95. The molecule has 0 aliphatic carbocycles. The van der Waals surface area contributed by atoms with E-state index in [2.05, 4.69) is 10.6 Å². The maximum Gasteiger partial charge on any atom is 0.117 e. The molecule has 1 aromatic heterocycles. The van der Waals surface area contributed by atoms with Crippen LogP contribution in [0.15, 0.2) is 16.5 Å². The molecule has 1 heterocycles. The van der Waals surface area contributed by atoms with E-state index in [4.69, 9.17) is 4.42 Å². The Hall–Kier alpha value is -0.800. The van der Waals surface area contributed by atoms with E-state index in [1.54, 1.807) is 0 Å². The smallest absolute Gasteiger partial charge is 0.117 e. The Morgan fingerprint density at radius 1 is 1.45 bits per heavy atom. The van der Waals surface area contributed by atoms with Crippen molar-refractivity contribution in [3.05, 3.63) is 23.7 Å². The monoisotopic (exact) mass is 154 g/mol. The molecule has 0 bridgehead atoms. The standard InChI is InChI=1S/C8H14N2O/c1-7-3-4-8(11-7)5-10-6-9-2/h3-4,9-10H,5-6H2,1-2H3. The molecule has 11 heavy (non-hydrogen) atoms. The first kappa shape index (κ1) is 8.30. The van der Waals surface area contributed by atoms with Crippen LogP contribution in [0.4, 0.5) is 0 Å². The molecule has 0 saturated heterocycles. The Bertz CT molecular complexity index is 208. The molecule has 0 radical (unpaired) electrons. The highest BCUT2D eigenvalue weighted by atomic mass is 16.3. The van der Waals surface area contributed by atoms with Gasteiger partial charge in [0.15, 0.2) is 0 Å². The summed E-state index contributed by atoms with van der Waals surface area (Å²) in [6.07, 6.45) is 0. The Morgan fingerprint density at radius 2 is 2.27 bits per heavy atom. The number of nitrogens with one attached hydrogen (secondary N) is 2. The van der Waals surface area contributed by atoms with Crippen LogP contribution >= 0.6 is 0 Å². The molecule has 0 atom stereocenters. The number of furan rings is 1. The van der Waals surface area contributed by atoms with Crippen molar-refractivity contribution in [1.82, 2.24) is 10.6 Å². The van der Waals surface area contributed by atoms with Crippen molar-refractivity contribution in [2.24, 2.45) is 0 Å². The van der Waals surface area contributed by atoms with Gasteiger partial charge in [-0.3, -0.25) is 5.32 Å². The van der Waals surface area contributed by atoms with E-state index in [0.717, 1.165) is 24.7 Å². The average Bonchev–Trinajstić information content (AvgIpc) is 2.37. The Balaban J connectivity index is 2.27. The normalized spacial score (nSPS) is 10.4. The molecular weight excluding hydrogens is 140 g/mol. The van der Waals surface area contributed by atoms with Crippen LogP contribution in [0.3, 0.4) is 0 Å². The maximum absolute atomic E-state index is 5.34. The summed E-state index contributed by atoms with van der Waals surface area (Å²) in [7, 11) is 1.90. The highest BCUT2D eigenvalue weighted by Gasteiger charge is 1.95. The third-order valence-corrected chi connectivity index (χ3v) is 1.40. The summed E-state index contributed by atoms with van der Waals surface area (Å²) in [5.41, 5.74) is 0. The minimum atomic E-state index is 0.786. The van der Waals surface area contributed by atoms with Gasteiger partial charge in [0.2, 0.25) is 0 Å². The zero-order valence-corrected chi connectivity index (χ0v) is 6.98. The Morgan fingerprint density at radius 3 is 2.82 bits per heavy atom. The lowest BCUT2D eigenvalue weighted by atomic mass is 10.4. The fraction of sp³-hybridized carbons (Fsp3) is 0.500. The molecule has 0 saturated carbocycles. The first-order chi connectivity index (χ1) is 5.33. The van der Waals surface area contributed by atoms with Crippen LogP contribution in [0.1, 0.15) is 11.5 Å². The predicted molar refractivity (Wildman–Crippen MR) is 44.2 cm³/mol. The number of aryl methyl sites for hydroxylation is 1. The first-order valence-corrected chi connectivity index (χ1v) is 3.73. The molecule has 0 spiro atoms. The number of hydrogen-bond donors (Lipinski definition) is 2.